The summed E-state index contributed by atoms with van der Waals surface area (Å²) < 4.78 is 13.0. The number of benzene rings is 1. The third-order valence-corrected chi connectivity index (χ3v) is 2.31. The van der Waals surface area contributed by atoms with E-state index in [4.69, 9.17) is 16.7 Å². The van der Waals surface area contributed by atoms with Crippen molar-refractivity contribution in [2.45, 2.75) is 0 Å². The highest BCUT2D eigenvalue weighted by molar-refractivity contribution is 6.33. The molecule has 1 aromatic carbocycles. The Balaban J connectivity index is 2.54. The molecule has 4 nitrogen and oxygen atoms in total. The molecular formula is C11H6ClFN2O2. The highest BCUT2D eigenvalue weighted by Crippen LogP contribution is 2.19. The molecule has 2 aromatic rings. The van der Waals surface area contributed by atoms with Gasteiger partial charge in [-0.3, -0.25) is 0 Å². The van der Waals surface area contributed by atoms with Crippen molar-refractivity contribution in [3.63, 3.8) is 0 Å². The lowest BCUT2D eigenvalue weighted by molar-refractivity contribution is 0.0690. The van der Waals surface area contributed by atoms with Crippen LogP contribution in [-0.4, -0.2) is 21.0 Å². The van der Waals surface area contributed by atoms with Crippen molar-refractivity contribution in [2.24, 2.45) is 0 Å². The molecule has 0 saturated heterocycles. The van der Waals surface area contributed by atoms with Gasteiger partial charge in [0.15, 0.2) is 11.5 Å². The van der Waals surface area contributed by atoms with Crippen LogP contribution in [0.2, 0.25) is 5.02 Å². The summed E-state index contributed by atoms with van der Waals surface area (Å²) in [7, 11) is 0. The van der Waals surface area contributed by atoms with E-state index >= 15 is 0 Å². The SMILES string of the molecule is O=C(O)c1nc(-c2cccc(F)c2)ncc1Cl. The standard InChI is InChI=1S/C11H6ClFN2O2/c12-8-5-14-10(15-9(8)11(16)17)6-2-1-3-7(13)4-6/h1-5H,(H,16,17). The van der Waals surface area contributed by atoms with E-state index in [9.17, 15) is 9.18 Å². The quantitative estimate of drug-likeness (QED) is 0.892. The van der Waals surface area contributed by atoms with Crippen LogP contribution < -0.4 is 0 Å². The second-order valence-electron chi connectivity index (χ2n) is 3.21. The molecule has 1 aromatic heterocycles. The molecule has 0 amide bonds. The first-order valence-corrected chi connectivity index (χ1v) is 4.97. The van der Waals surface area contributed by atoms with Crippen molar-refractivity contribution < 1.29 is 14.3 Å². The zero-order chi connectivity index (χ0) is 12.4. The van der Waals surface area contributed by atoms with Gasteiger partial charge in [-0.2, -0.15) is 0 Å². The average molecular weight is 253 g/mol. The van der Waals surface area contributed by atoms with Gasteiger partial charge in [-0.1, -0.05) is 23.7 Å². The first kappa shape index (κ1) is 11.5. The zero-order valence-corrected chi connectivity index (χ0v) is 9.15. The summed E-state index contributed by atoms with van der Waals surface area (Å²) in [5, 5.41) is 8.79. The van der Waals surface area contributed by atoms with Gasteiger partial charge in [0.2, 0.25) is 0 Å². The lowest BCUT2D eigenvalue weighted by Gasteiger charge is -2.02. The molecule has 0 aliphatic carbocycles. The van der Waals surface area contributed by atoms with E-state index < -0.39 is 11.8 Å². The summed E-state index contributed by atoms with van der Waals surface area (Å²) in [5.41, 5.74) is 0.0881. The summed E-state index contributed by atoms with van der Waals surface area (Å²) in [5.74, 6) is -1.58. The molecule has 0 bridgehead atoms. The monoisotopic (exact) mass is 252 g/mol. The first-order chi connectivity index (χ1) is 8.08. The fourth-order valence-corrected chi connectivity index (χ4v) is 1.46. The second-order valence-corrected chi connectivity index (χ2v) is 3.61. The Labute approximate surface area is 101 Å². The summed E-state index contributed by atoms with van der Waals surface area (Å²) in [6, 6.07) is 5.56. The fraction of sp³-hybridized carbons (Fsp3) is 0. The second kappa shape index (κ2) is 4.47. The highest BCUT2D eigenvalue weighted by atomic mass is 35.5. The van der Waals surface area contributed by atoms with Crippen LogP contribution in [0, 0.1) is 5.82 Å². The number of carboxylic acid groups (broad SMARTS) is 1. The van der Waals surface area contributed by atoms with Crippen molar-refractivity contribution >= 4 is 17.6 Å². The lowest BCUT2D eigenvalue weighted by Crippen LogP contribution is -2.04. The van der Waals surface area contributed by atoms with E-state index in [1.165, 1.54) is 24.4 Å². The number of aromatic nitrogens is 2. The number of carboxylic acids is 1. The van der Waals surface area contributed by atoms with Crippen LogP contribution in [0.3, 0.4) is 0 Å². The molecule has 0 saturated carbocycles. The zero-order valence-electron chi connectivity index (χ0n) is 8.39. The van der Waals surface area contributed by atoms with Crippen LogP contribution in [0.4, 0.5) is 4.39 Å². The molecule has 0 atom stereocenters. The summed E-state index contributed by atoms with van der Waals surface area (Å²) in [6.45, 7) is 0. The molecule has 6 heteroatoms. The van der Waals surface area contributed by atoms with Gasteiger partial charge in [0.25, 0.3) is 0 Å². The van der Waals surface area contributed by atoms with Crippen LogP contribution >= 0.6 is 11.6 Å². The maximum atomic E-state index is 13.0. The number of hydrogen-bond acceptors (Lipinski definition) is 3. The van der Waals surface area contributed by atoms with Gasteiger partial charge in [0, 0.05) is 5.56 Å². The van der Waals surface area contributed by atoms with Crippen molar-refractivity contribution in [1.29, 1.82) is 0 Å². The van der Waals surface area contributed by atoms with Crippen LogP contribution in [0.5, 0.6) is 0 Å². The Bertz CT molecular complexity index is 589. The van der Waals surface area contributed by atoms with Gasteiger partial charge in [-0.25, -0.2) is 19.2 Å². The molecule has 2 rings (SSSR count). The molecule has 0 aliphatic heterocycles. The predicted molar refractivity (Wildman–Crippen MR) is 59.4 cm³/mol. The normalized spacial score (nSPS) is 10.2. The van der Waals surface area contributed by atoms with E-state index in [-0.39, 0.29) is 16.5 Å². The molecular weight excluding hydrogens is 247 g/mol. The first-order valence-electron chi connectivity index (χ1n) is 4.59. The van der Waals surface area contributed by atoms with E-state index in [1.807, 2.05) is 0 Å². The minimum Gasteiger partial charge on any atom is -0.476 e. The summed E-state index contributed by atoms with van der Waals surface area (Å²) >= 11 is 5.63. The Kier molecular flexibility index (Phi) is 3.01. The maximum Gasteiger partial charge on any atom is 0.356 e. The Morgan fingerprint density at radius 3 is 2.82 bits per heavy atom. The van der Waals surface area contributed by atoms with Crippen LogP contribution in [0.1, 0.15) is 10.5 Å². The van der Waals surface area contributed by atoms with Crippen molar-refractivity contribution in [3.05, 3.63) is 47.0 Å². The van der Waals surface area contributed by atoms with Crippen molar-refractivity contribution in [1.82, 2.24) is 9.97 Å². The Morgan fingerprint density at radius 2 is 2.18 bits per heavy atom. The van der Waals surface area contributed by atoms with E-state index in [1.54, 1.807) is 6.07 Å². The van der Waals surface area contributed by atoms with E-state index in [0.717, 1.165) is 0 Å². The van der Waals surface area contributed by atoms with Gasteiger partial charge in [-0.15, -0.1) is 0 Å². The smallest absolute Gasteiger partial charge is 0.356 e. The number of halogens is 2. The highest BCUT2D eigenvalue weighted by Gasteiger charge is 2.13. The third kappa shape index (κ3) is 2.39. The average Bonchev–Trinajstić information content (AvgIpc) is 2.29. The largest absolute Gasteiger partial charge is 0.476 e. The molecule has 0 spiro atoms. The summed E-state index contributed by atoms with van der Waals surface area (Å²) in [4.78, 5) is 18.5. The minimum atomic E-state index is -1.25. The van der Waals surface area contributed by atoms with Crippen LogP contribution in [-0.2, 0) is 0 Å². The topological polar surface area (TPSA) is 63.1 Å². The molecule has 0 radical (unpaired) electrons. The molecule has 1 N–H and O–H groups in total. The third-order valence-electron chi connectivity index (χ3n) is 2.03. The van der Waals surface area contributed by atoms with E-state index in [2.05, 4.69) is 9.97 Å². The molecule has 0 unspecified atom stereocenters. The molecule has 0 fully saturated rings. The minimum absolute atomic E-state index is 0.0577. The maximum absolute atomic E-state index is 13.0. The van der Waals surface area contributed by atoms with Gasteiger partial charge in [0.1, 0.15) is 5.82 Å². The molecule has 86 valence electrons. The van der Waals surface area contributed by atoms with E-state index in [0.29, 0.717) is 5.56 Å². The molecule has 0 aliphatic rings. The number of rotatable bonds is 2. The van der Waals surface area contributed by atoms with Crippen molar-refractivity contribution in [2.75, 3.05) is 0 Å². The summed E-state index contributed by atoms with van der Waals surface area (Å²) in [6.07, 6.45) is 1.18. The van der Waals surface area contributed by atoms with Gasteiger partial charge >= 0.3 is 5.97 Å². The van der Waals surface area contributed by atoms with Crippen LogP contribution in [0.25, 0.3) is 11.4 Å². The molecule has 17 heavy (non-hydrogen) atoms. The Hall–Kier alpha value is -2.01. The van der Waals surface area contributed by atoms with Crippen molar-refractivity contribution in [3.8, 4) is 11.4 Å². The lowest BCUT2D eigenvalue weighted by atomic mass is 10.2. The number of hydrogen-bond donors (Lipinski definition) is 1. The molecule has 1 heterocycles. The fourth-order valence-electron chi connectivity index (χ4n) is 1.28. The number of aromatic carboxylic acids is 1. The predicted octanol–water partition coefficient (Wildman–Crippen LogP) is 2.63. The van der Waals surface area contributed by atoms with Crippen LogP contribution in [0.15, 0.2) is 30.5 Å². The van der Waals surface area contributed by atoms with Gasteiger partial charge in [0.05, 0.1) is 11.2 Å². The number of nitrogens with zero attached hydrogens (tertiary/aromatic N) is 2. The van der Waals surface area contributed by atoms with Gasteiger partial charge in [-0.05, 0) is 12.1 Å². The number of carbonyl (C=O) groups is 1. The Morgan fingerprint density at radius 1 is 1.41 bits per heavy atom. The van der Waals surface area contributed by atoms with Gasteiger partial charge < -0.3 is 5.11 Å².